The van der Waals surface area contributed by atoms with Crippen molar-refractivity contribution < 1.29 is 36.6 Å². The Morgan fingerprint density at radius 2 is 1.66 bits per heavy atom. The Bertz CT molecular complexity index is 846. The largest absolute Gasteiger partial charge is 0.573 e. The predicted octanol–water partition coefficient (Wildman–Crippen LogP) is 3.64. The van der Waals surface area contributed by atoms with Crippen molar-refractivity contribution in [2.75, 3.05) is 13.2 Å². The molecule has 2 rings (SSSR count). The van der Waals surface area contributed by atoms with Crippen molar-refractivity contribution >= 4 is 18.0 Å². The summed E-state index contributed by atoms with van der Waals surface area (Å²) in [5.74, 6) is -2.00. The molecule has 1 N–H and O–H groups in total. The lowest BCUT2D eigenvalue weighted by Crippen LogP contribution is -2.30. The highest BCUT2D eigenvalue weighted by atomic mass is 19.4. The number of hydrogen-bond acceptors (Lipinski definition) is 4. The Kier molecular flexibility index (Phi) is 7.76. The second-order valence-corrected chi connectivity index (χ2v) is 5.78. The van der Waals surface area contributed by atoms with Gasteiger partial charge in [-0.3, -0.25) is 4.79 Å². The second kappa shape index (κ2) is 10.3. The highest BCUT2D eigenvalue weighted by Gasteiger charge is 2.30. The van der Waals surface area contributed by atoms with Crippen LogP contribution >= 0.6 is 0 Å². The number of nitrogens with one attached hydrogen (secondary N) is 1. The molecular weight excluding hydrogens is 394 g/mol. The molecule has 2 aromatic carbocycles. The molecule has 5 nitrogen and oxygen atoms in total. The predicted molar refractivity (Wildman–Crippen MR) is 96.2 cm³/mol. The van der Waals surface area contributed by atoms with Crippen LogP contribution in [0.2, 0.25) is 0 Å². The van der Waals surface area contributed by atoms with Gasteiger partial charge >= 0.3 is 12.3 Å². The van der Waals surface area contributed by atoms with Gasteiger partial charge in [0.2, 0.25) is 0 Å². The van der Waals surface area contributed by atoms with Gasteiger partial charge in [0.1, 0.15) is 11.6 Å². The van der Waals surface area contributed by atoms with E-state index in [9.17, 15) is 27.2 Å². The zero-order valence-corrected chi connectivity index (χ0v) is 15.0. The van der Waals surface area contributed by atoms with Gasteiger partial charge in [-0.05, 0) is 47.9 Å². The minimum absolute atomic E-state index is 0.296. The number of esters is 1. The summed E-state index contributed by atoms with van der Waals surface area (Å²) in [5.41, 5.74) is 1.29. The summed E-state index contributed by atoms with van der Waals surface area (Å²) in [6.45, 7) is -0.185. The lowest BCUT2D eigenvalue weighted by atomic mass is 10.1. The quantitative estimate of drug-likeness (QED) is 0.409. The van der Waals surface area contributed by atoms with Crippen LogP contribution in [-0.2, 0) is 20.7 Å². The van der Waals surface area contributed by atoms with Crippen molar-refractivity contribution in [2.24, 2.45) is 0 Å². The summed E-state index contributed by atoms with van der Waals surface area (Å²) in [4.78, 5) is 23.2. The van der Waals surface area contributed by atoms with Crippen LogP contribution in [0.4, 0.5) is 17.6 Å². The zero-order valence-electron chi connectivity index (χ0n) is 15.0. The molecule has 0 fully saturated rings. The molecule has 0 aliphatic carbocycles. The van der Waals surface area contributed by atoms with Gasteiger partial charge < -0.3 is 14.8 Å². The van der Waals surface area contributed by atoms with Crippen molar-refractivity contribution in [3.05, 3.63) is 71.6 Å². The molecule has 29 heavy (non-hydrogen) atoms. The Morgan fingerprint density at radius 1 is 1.00 bits per heavy atom. The van der Waals surface area contributed by atoms with E-state index in [0.29, 0.717) is 18.5 Å². The maximum atomic E-state index is 12.8. The van der Waals surface area contributed by atoms with E-state index >= 15 is 0 Å². The van der Waals surface area contributed by atoms with Crippen LogP contribution in [0.25, 0.3) is 6.08 Å². The number of amides is 1. The van der Waals surface area contributed by atoms with Gasteiger partial charge in [-0.25, -0.2) is 9.18 Å². The first-order valence-electron chi connectivity index (χ1n) is 8.43. The average Bonchev–Trinajstić information content (AvgIpc) is 2.66. The molecule has 0 bridgehead atoms. The summed E-state index contributed by atoms with van der Waals surface area (Å²) in [6, 6.07) is 10.7. The molecule has 0 saturated carbocycles. The molecule has 0 spiro atoms. The smallest absolute Gasteiger partial charge is 0.452 e. The molecule has 9 heteroatoms. The molecule has 2 aromatic rings. The molecular formula is C20H17F4NO4. The molecule has 0 aliphatic rings. The van der Waals surface area contributed by atoms with E-state index in [0.717, 1.165) is 23.8 Å². The van der Waals surface area contributed by atoms with Gasteiger partial charge in [0, 0.05) is 12.6 Å². The number of rotatable bonds is 8. The van der Waals surface area contributed by atoms with Gasteiger partial charge in [0.25, 0.3) is 5.91 Å². The Labute approximate surface area is 163 Å². The van der Waals surface area contributed by atoms with Crippen molar-refractivity contribution in [3.63, 3.8) is 0 Å². The molecule has 154 valence electrons. The van der Waals surface area contributed by atoms with Gasteiger partial charge in [0.05, 0.1) is 0 Å². The summed E-state index contributed by atoms with van der Waals surface area (Å²) in [7, 11) is 0. The molecule has 0 aliphatic heterocycles. The summed E-state index contributed by atoms with van der Waals surface area (Å²) >= 11 is 0. The topological polar surface area (TPSA) is 64.6 Å². The minimum Gasteiger partial charge on any atom is -0.452 e. The van der Waals surface area contributed by atoms with E-state index in [2.05, 4.69) is 10.1 Å². The van der Waals surface area contributed by atoms with E-state index in [4.69, 9.17) is 4.74 Å². The Hall–Kier alpha value is -3.36. The summed E-state index contributed by atoms with van der Waals surface area (Å²) < 4.78 is 57.5. The number of ether oxygens (including phenoxy) is 2. The average molecular weight is 411 g/mol. The maximum Gasteiger partial charge on any atom is 0.573 e. The lowest BCUT2D eigenvalue weighted by molar-refractivity contribution is -0.274. The SMILES string of the molecule is O=C(COC(=O)/C=C/c1ccc(OC(F)(F)F)cc1)NCCc1ccc(F)cc1. The fraction of sp³-hybridized carbons (Fsp3) is 0.200. The van der Waals surface area contributed by atoms with Crippen LogP contribution in [0.1, 0.15) is 11.1 Å². The van der Waals surface area contributed by atoms with Crippen LogP contribution in [0.5, 0.6) is 5.75 Å². The van der Waals surface area contributed by atoms with Gasteiger partial charge in [-0.1, -0.05) is 24.3 Å². The van der Waals surface area contributed by atoms with Crippen molar-refractivity contribution in [1.82, 2.24) is 5.32 Å². The van der Waals surface area contributed by atoms with Gasteiger partial charge in [-0.2, -0.15) is 0 Å². The number of benzene rings is 2. The number of hydrogen-bond donors (Lipinski definition) is 1. The molecule has 0 aromatic heterocycles. The van der Waals surface area contributed by atoms with Crippen molar-refractivity contribution in [2.45, 2.75) is 12.8 Å². The lowest BCUT2D eigenvalue weighted by Gasteiger charge is -2.08. The molecule has 0 unspecified atom stereocenters. The molecule has 0 saturated heterocycles. The Morgan fingerprint density at radius 3 is 2.28 bits per heavy atom. The van der Waals surface area contributed by atoms with Crippen LogP contribution in [0.3, 0.4) is 0 Å². The standard InChI is InChI=1S/C20H17F4NO4/c21-16-6-1-15(2-7-16)11-12-25-18(26)13-28-19(27)10-5-14-3-8-17(9-4-14)29-20(22,23)24/h1-10H,11-13H2,(H,25,26)/b10-5+. The summed E-state index contributed by atoms with van der Waals surface area (Å²) in [5, 5.41) is 2.56. The van der Waals surface area contributed by atoms with E-state index in [1.807, 2.05) is 0 Å². The third kappa shape index (κ3) is 8.91. The number of carbonyl (C=O) groups is 2. The van der Waals surface area contributed by atoms with Crippen LogP contribution < -0.4 is 10.1 Å². The van der Waals surface area contributed by atoms with Gasteiger partial charge in [0.15, 0.2) is 6.61 Å². The first-order valence-corrected chi connectivity index (χ1v) is 8.43. The highest BCUT2D eigenvalue weighted by molar-refractivity contribution is 5.89. The van der Waals surface area contributed by atoms with Crippen LogP contribution in [-0.4, -0.2) is 31.4 Å². The monoisotopic (exact) mass is 411 g/mol. The normalized spacial score (nSPS) is 11.3. The maximum absolute atomic E-state index is 12.8. The molecule has 0 atom stereocenters. The summed E-state index contributed by atoms with van der Waals surface area (Å²) in [6.07, 6.45) is -1.91. The number of alkyl halides is 3. The fourth-order valence-corrected chi connectivity index (χ4v) is 2.18. The second-order valence-electron chi connectivity index (χ2n) is 5.78. The Balaban J connectivity index is 1.69. The number of carbonyl (C=O) groups excluding carboxylic acids is 2. The minimum atomic E-state index is -4.78. The van der Waals surface area contributed by atoms with Gasteiger partial charge in [-0.15, -0.1) is 13.2 Å². The zero-order chi connectivity index (χ0) is 21.3. The number of halogens is 4. The van der Waals surface area contributed by atoms with E-state index < -0.39 is 24.8 Å². The molecule has 0 heterocycles. The molecule has 0 radical (unpaired) electrons. The first-order chi connectivity index (χ1) is 13.7. The van der Waals surface area contributed by atoms with Crippen LogP contribution in [0, 0.1) is 5.82 Å². The fourth-order valence-electron chi connectivity index (χ4n) is 2.18. The highest BCUT2D eigenvalue weighted by Crippen LogP contribution is 2.22. The molecule has 1 amide bonds. The first kappa shape index (κ1) is 21.9. The van der Waals surface area contributed by atoms with E-state index in [1.165, 1.54) is 30.3 Å². The van der Waals surface area contributed by atoms with Crippen LogP contribution in [0.15, 0.2) is 54.6 Å². The third-order valence-corrected chi connectivity index (χ3v) is 3.52. The van der Waals surface area contributed by atoms with Crippen molar-refractivity contribution in [3.8, 4) is 5.75 Å². The third-order valence-electron chi connectivity index (χ3n) is 3.52. The van der Waals surface area contributed by atoms with E-state index in [1.54, 1.807) is 12.1 Å². The van der Waals surface area contributed by atoms with Crippen molar-refractivity contribution in [1.29, 1.82) is 0 Å². The van der Waals surface area contributed by atoms with E-state index in [-0.39, 0.29) is 11.6 Å².